The highest BCUT2D eigenvalue weighted by molar-refractivity contribution is 5.12. The fraction of sp³-hybridized carbons (Fsp3) is 0.800. The van der Waals surface area contributed by atoms with Gasteiger partial charge in [0.2, 0.25) is 0 Å². The molecule has 0 spiro atoms. The minimum absolute atomic E-state index is 0.265. The molecule has 0 aromatic rings. The van der Waals surface area contributed by atoms with Crippen LogP contribution < -0.4 is 0 Å². The average Bonchev–Trinajstić information content (AvgIpc) is 2.99. The number of β-amino-alcohol motifs (C(OH)–C–C–N with tert-alkyl or cyclic N) is 1. The summed E-state index contributed by atoms with van der Waals surface area (Å²) in [5, 5.41) is 37.6. The van der Waals surface area contributed by atoms with E-state index >= 15 is 0 Å². The summed E-state index contributed by atoms with van der Waals surface area (Å²) in [7, 11) is 0. The number of hydrogen-bond acceptors (Lipinski definition) is 5. The molecule has 15 heavy (non-hydrogen) atoms. The first-order chi connectivity index (χ1) is 7.13. The molecular weight excluding hydrogens is 198 g/mol. The van der Waals surface area contributed by atoms with Gasteiger partial charge in [-0.05, 0) is 18.8 Å². The molecule has 0 aromatic carbocycles. The van der Waals surface area contributed by atoms with Crippen LogP contribution in [0.4, 0.5) is 0 Å². The zero-order valence-corrected chi connectivity index (χ0v) is 8.45. The van der Waals surface area contributed by atoms with Crippen LogP contribution in [0.25, 0.3) is 0 Å². The van der Waals surface area contributed by atoms with Gasteiger partial charge < -0.3 is 25.3 Å². The number of likely N-dealkylation sites (tertiary alicyclic amines) is 1. The van der Waals surface area contributed by atoms with E-state index in [4.69, 9.17) is 5.11 Å². The van der Waals surface area contributed by atoms with Crippen molar-refractivity contribution in [3.63, 3.8) is 0 Å². The Morgan fingerprint density at radius 3 is 2.47 bits per heavy atom. The molecule has 2 rings (SSSR count). The number of hydrogen-bond donors (Lipinski definition) is 4. The van der Waals surface area contributed by atoms with E-state index in [0.29, 0.717) is 11.6 Å². The lowest BCUT2D eigenvalue weighted by atomic mass is 9.98. The fourth-order valence-corrected chi connectivity index (χ4v) is 1.96. The molecule has 5 nitrogen and oxygen atoms in total. The van der Waals surface area contributed by atoms with Crippen LogP contribution in [0.15, 0.2) is 12.0 Å². The molecule has 0 bridgehead atoms. The van der Waals surface area contributed by atoms with Crippen molar-refractivity contribution in [1.82, 2.24) is 4.90 Å². The first-order valence-corrected chi connectivity index (χ1v) is 5.27. The van der Waals surface area contributed by atoms with Crippen LogP contribution in [0.1, 0.15) is 12.8 Å². The molecule has 1 aliphatic carbocycles. The standard InChI is InChI=1S/C10H17NO4/c12-5-7-9(14)10(15)8(13)4-11(7)3-6-1-2-6/h5-6,8-10,12-15H,1-4H2/b7-5+/t8-,9+,10+/m0/s1. The molecule has 0 aromatic heterocycles. The molecule has 0 unspecified atom stereocenters. The molecular formula is C10H17NO4. The first kappa shape index (κ1) is 10.7. The third-order valence-electron chi connectivity index (χ3n) is 3.10. The summed E-state index contributed by atoms with van der Waals surface area (Å²) in [5.41, 5.74) is 0.305. The Hall–Kier alpha value is -0.780. The molecule has 86 valence electrons. The van der Waals surface area contributed by atoms with Crippen LogP contribution in [0.2, 0.25) is 0 Å². The van der Waals surface area contributed by atoms with Gasteiger partial charge in [0.05, 0.1) is 5.70 Å². The van der Waals surface area contributed by atoms with E-state index in [1.165, 1.54) is 0 Å². The van der Waals surface area contributed by atoms with E-state index in [1.54, 1.807) is 4.90 Å². The maximum Gasteiger partial charge on any atom is 0.125 e. The maximum atomic E-state index is 9.63. The predicted octanol–water partition coefficient (Wildman–Crippen LogP) is -0.806. The Bertz CT molecular complexity index is 264. The lowest BCUT2D eigenvalue weighted by Gasteiger charge is -2.39. The normalized spacial score (nSPS) is 39.8. The van der Waals surface area contributed by atoms with Gasteiger partial charge >= 0.3 is 0 Å². The van der Waals surface area contributed by atoms with E-state index in [-0.39, 0.29) is 6.54 Å². The van der Waals surface area contributed by atoms with Crippen LogP contribution in [0.5, 0.6) is 0 Å². The van der Waals surface area contributed by atoms with E-state index < -0.39 is 18.3 Å². The first-order valence-electron chi connectivity index (χ1n) is 5.27. The summed E-state index contributed by atoms with van der Waals surface area (Å²) in [6.07, 6.45) is -0.227. The third-order valence-corrected chi connectivity index (χ3v) is 3.10. The molecule has 1 saturated carbocycles. The number of rotatable bonds is 2. The van der Waals surface area contributed by atoms with Crippen molar-refractivity contribution in [2.45, 2.75) is 31.2 Å². The third kappa shape index (κ3) is 2.09. The van der Waals surface area contributed by atoms with Crippen molar-refractivity contribution in [1.29, 1.82) is 0 Å². The summed E-state index contributed by atoms with van der Waals surface area (Å²) in [4.78, 5) is 1.75. The highest BCUT2D eigenvalue weighted by Gasteiger charge is 2.39. The lowest BCUT2D eigenvalue weighted by molar-refractivity contribution is -0.0890. The zero-order chi connectivity index (χ0) is 11.0. The van der Waals surface area contributed by atoms with Crippen LogP contribution >= 0.6 is 0 Å². The Morgan fingerprint density at radius 2 is 1.93 bits per heavy atom. The van der Waals surface area contributed by atoms with E-state index in [1.807, 2.05) is 0 Å². The van der Waals surface area contributed by atoms with Gasteiger partial charge in [-0.1, -0.05) is 0 Å². The van der Waals surface area contributed by atoms with Crippen LogP contribution in [0, 0.1) is 5.92 Å². The van der Waals surface area contributed by atoms with Crippen LogP contribution in [-0.2, 0) is 0 Å². The van der Waals surface area contributed by atoms with Crippen molar-refractivity contribution < 1.29 is 20.4 Å². The van der Waals surface area contributed by atoms with E-state index in [2.05, 4.69) is 0 Å². The van der Waals surface area contributed by atoms with Crippen molar-refractivity contribution in [2.24, 2.45) is 5.92 Å². The highest BCUT2D eigenvalue weighted by Crippen LogP contribution is 2.33. The van der Waals surface area contributed by atoms with E-state index in [9.17, 15) is 15.3 Å². The molecule has 5 heteroatoms. The Morgan fingerprint density at radius 1 is 1.27 bits per heavy atom. The number of nitrogens with zero attached hydrogens (tertiary/aromatic N) is 1. The van der Waals surface area contributed by atoms with Gasteiger partial charge in [-0.25, -0.2) is 0 Å². The van der Waals surface area contributed by atoms with E-state index in [0.717, 1.165) is 25.6 Å². The fourth-order valence-electron chi connectivity index (χ4n) is 1.96. The van der Waals surface area contributed by atoms with Crippen molar-refractivity contribution in [3.8, 4) is 0 Å². The Balaban J connectivity index is 2.07. The minimum atomic E-state index is -1.21. The van der Waals surface area contributed by atoms with Gasteiger partial charge in [0, 0.05) is 13.1 Å². The molecule has 0 amide bonds. The Kier molecular flexibility index (Phi) is 2.86. The molecule has 0 radical (unpaired) electrons. The minimum Gasteiger partial charge on any atom is -0.514 e. The quantitative estimate of drug-likeness (QED) is 0.453. The predicted molar refractivity (Wildman–Crippen MR) is 53.0 cm³/mol. The molecule has 1 saturated heterocycles. The van der Waals surface area contributed by atoms with Crippen molar-refractivity contribution in [3.05, 3.63) is 12.0 Å². The van der Waals surface area contributed by atoms with Gasteiger partial charge in [-0.15, -0.1) is 0 Å². The molecule has 1 heterocycles. The van der Waals surface area contributed by atoms with Gasteiger partial charge in [-0.2, -0.15) is 0 Å². The average molecular weight is 215 g/mol. The molecule has 4 N–H and O–H groups in total. The summed E-state index contributed by atoms with van der Waals surface area (Å²) >= 11 is 0. The second-order valence-electron chi connectivity index (χ2n) is 4.41. The van der Waals surface area contributed by atoms with Gasteiger partial charge in [0.15, 0.2) is 0 Å². The van der Waals surface area contributed by atoms with Gasteiger partial charge in [-0.3, -0.25) is 0 Å². The summed E-state index contributed by atoms with van der Waals surface area (Å²) < 4.78 is 0. The summed E-state index contributed by atoms with van der Waals surface area (Å²) in [6, 6.07) is 0. The lowest BCUT2D eigenvalue weighted by Crippen LogP contribution is -2.54. The molecule has 3 atom stereocenters. The Labute approximate surface area is 88.3 Å². The summed E-state index contributed by atoms with van der Waals surface area (Å²) in [6.45, 7) is 0.994. The summed E-state index contributed by atoms with van der Waals surface area (Å²) in [5.74, 6) is 0.592. The topological polar surface area (TPSA) is 84.2 Å². The number of aliphatic hydroxyl groups is 4. The molecule has 1 aliphatic heterocycles. The van der Waals surface area contributed by atoms with Crippen LogP contribution in [-0.4, -0.2) is 56.7 Å². The highest BCUT2D eigenvalue weighted by atomic mass is 16.4. The van der Waals surface area contributed by atoms with Gasteiger partial charge in [0.25, 0.3) is 0 Å². The van der Waals surface area contributed by atoms with Crippen LogP contribution in [0.3, 0.4) is 0 Å². The number of piperidine rings is 1. The monoisotopic (exact) mass is 215 g/mol. The SMILES string of the molecule is O/C=C1\[C@@H](O)[C@H](O)[C@@H](O)CN1CC1CC1. The number of aliphatic hydroxyl groups excluding tert-OH is 4. The smallest absolute Gasteiger partial charge is 0.125 e. The molecule has 2 fully saturated rings. The second-order valence-corrected chi connectivity index (χ2v) is 4.41. The zero-order valence-electron chi connectivity index (χ0n) is 8.45. The van der Waals surface area contributed by atoms with Crippen molar-refractivity contribution >= 4 is 0 Å². The second kappa shape index (κ2) is 4.00. The maximum absolute atomic E-state index is 9.63. The largest absolute Gasteiger partial charge is 0.514 e. The molecule has 2 aliphatic rings. The van der Waals surface area contributed by atoms with Gasteiger partial charge in [0.1, 0.15) is 24.6 Å². The van der Waals surface area contributed by atoms with Crippen molar-refractivity contribution in [2.75, 3.05) is 13.1 Å².